The van der Waals surface area contributed by atoms with Crippen molar-refractivity contribution in [3.8, 4) is 34.5 Å². The lowest BCUT2D eigenvalue weighted by atomic mass is 10.3. The van der Waals surface area contributed by atoms with Gasteiger partial charge in [0.1, 0.15) is 34.5 Å². The van der Waals surface area contributed by atoms with Crippen LogP contribution in [0.2, 0.25) is 0 Å². The van der Waals surface area contributed by atoms with Crippen molar-refractivity contribution in [2.75, 3.05) is 0 Å². The van der Waals surface area contributed by atoms with Gasteiger partial charge in [0.2, 0.25) is 0 Å². The van der Waals surface area contributed by atoms with Crippen LogP contribution in [0.5, 0.6) is 34.5 Å². The normalized spacial score (nSPS) is 16.3. The number of hydrogen-bond donors (Lipinski definition) is 0. The zero-order valence-corrected chi connectivity index (χ0v) is 35.3. The van der Waals surface area contributed by atoms with Crippen molar-refractivity contribution >= 4 is 59.5 Å². The lowest BCUT2D eigenvalue weighted by Gasteiger charge is -2.47. The van der Waals surface area contributed by atoms with E-state index in [0.29, 0.717) is 0 Å². The highest BCUT2D eigenvalue weighted by Crippen LogP contribution is 2.76. The third-order valence-corrected chi connectivity index (χ3v) is 14.4. The molecule has 0 N–H and O–H groups in total. The summed E-state index contributed by atoms with van der Waals surface area (Å²) in [6.45, 7) is 0. The highest BCUT2D eigenvalue weighted by Gasteiger charge is 2.60. The zero-order chi connectivity index (χ0) is 47.1. The maximum atomic E-state index is 11.6. The predicted octanol–water partition coefficient (Wildman–Crippen LogP) is 10.3. The van der Waals surface area contributed by atoms with E-state index in [4.69, 9.17) is 28.1 Å². The first-order chi connectivity index (χ1) is 31.6. The van der Waals surface area contributed by atoms with Gasteiger partial charge in [-0.05, 0) is 72.8 Å². The summed E-state index contributed by atoms with van der Waals surface area (Å²) in [5.74, 6) is -0.514. The van der Waals surface area contributed by atoms with E-state index in [9.17, 15) is 60.7 Å². The molecule has 0 aromatic heterocycles. The molecule has 1 aliphatic heterocycles. The summed E-state index contributed by atoms with van der Waals surface area (Å²) in [5.41, 5.74) is -1.98. The van der Waals surface area contributed by atoms with E-state index < -0.39 is 54.9 Å². The molecule has 1 aliphatic rings. The largest absolute Gasteiger partial charge is 0.440 e. The molecule has 27 nitrogen and oxygen atoms in total. The smallest absolute Gasteiger partial charge is 0.336 e. The SMILES string of the molecule is O=[N+]([O-])c1ccc(ON2P(Oc3ccc([N+](=O)[O-])cc3)N(Oc3ccc([N+](=O)[O-])cc3)P(Oc3ccc([N+](=O)[O-])cc3)N(Oc3ccc([N+](=O)[O-])cc3)P2Oc2ccc([N+](=O)[O-])cc2)cc1. The first kappa shape index (κ1) is 45.7. The van der Waals surface area contributed by atoms with Crippen LogP contribution in [0.1, 0.15) is 0 Å². The summed E-state index contributed by atoms with van der Waals surface area (Å²) in [6.07, 6.45) is 0. The molecule has 30 heteroatoms. The van der Waals surface area contributed by atoms with Crippen molar-refractivity contribution in [2.45, 2.75) is 0 Å². The maximum Gasteiger partial charge on any atom is 0.336 e. The van der Waals surface area contributed by atoms with Crippen LogP contribution < -0.4 is 28.1 Å². The Morgan fingerprint density at radius 3 is 0.576 bits per heavy atom. The molecular formula is C36H24N9O18P3. The summed E-state index contributed by atoms with van der Waals surface area (Å²) in [7, 11) is -8.53. The second-order valence-corrected chi connectivity index (χ2v) is 17.8. The zero-order valence-electron chi connectivity index (χ0n) is 32.6. The first-order valence-corrected chi connectivity index (χ1v) is 21.5. The second kappa shape index (κ2) is 20.0. The molecule has 0 bridgehead atoms. The van der Waals surface area contributed by atoms with Crippen LogP contribution in [0.25, 0.3) is 0 Å². The van der Waals surface area contributed by atoms with E-state index in [0.717, 1.165) is 86.6 Å². The second-order valence-electron chi connectivity index (χ2n) is 12.6. The third-order valence-electron chi connectivity index (χ3n) is 8.29. The van der Waals surface area contributed by atoms with Gasteiger partial charge in [-0.15, -0.1) is 0 Å². The van der Waals surface area contributed by atoms with E-state index in [1.165, 1.54) is 72.8 Å². The molecule has 1 saturated heterocycles. The fourth-order valence-corrected chi connectivity index (χ4v) is 12.0. The van der Waals surface area contributed by atoms with E-state index in [-0.39, 0.29) is 68.6 Å². The number of nitro groups is 6. The van der Waals surface area contributed by atoms with Gasteiger partial charge in [-0.1, -0.05) is 0 Å². The van der Waals surface area contributed by atoms with Gasteiger partial charge in [-0.3, -0.25) is 60.7 Å². The van der Waals surface area contributed by atoms with Crippen LogP contribution in [0.15, 0.2) is 146 Å². The number of rotatable bonds is 18. The van der Waals surface area contributed by atoms with Crippen molar-refractivity contribution in [3.63, 3.8) is 0 Å². The fraction of sp³-hybridized carbons (Fsp3) is 0. The monoisotopic (exact) mass is 963 g/mol. The molecule has 0 unspecified atom stereocenters. The van der Waals surface area contributed by atoms with Gasteiger partial charge in [0.25, 0.3) is 34.1 Å². The van der Waals surface area contributed by atoms with Crippen molar-refractivity contribution in [1.82, 2.24) is 13.8 Å². The number of non-ortho nitro benzene ring substituents is 6. The molecule has 0 spiro atoms. The minimum atomic E-state index is -2.84. The summed E-state index contributed by atoms with van der Waals surface area (Å²) in [5, 5.41) is 69.6. The fourth-order valence-electron chi connectivity index (χ4n) is 5.15. The Morgan fingerprint density at radius 2 is 0.424 bits per heavy atom. The number of benzene rings is 6. The number of nitro benzene ring substituents is 6. The summed E-state index contributed by atoms with van der Waals surface area (Å²) in [6, 6.07) is 28.0. The van der Waals surface area contributed by atoms with Crippen molar-refractivity contribution in [3.05, 3.63) is 206 Å². The van der Waals surface area contributed by atoms with Gasteiger partial charge in [0, 0.05) is 86.6 Å². The van der Waals surface area contributed by atoms with Crippen LogP contribution in [0.3, 0.4) is 0 Å². The van der Waals surface area contributed by atoms with Gasteiger partial charge < -0.3 is 28.1 Å². The molecule has 0 amide bonds. The molecule has 336 valence electrons. The molecule has 6 aromatic rings. The standard InChI is InChI=1S/C36H24N9O18P3/c46-37(47)25-1-13-31(14-2-25)58-43-64(61-34-19-7-28(8-20-34)40(52)53)44(59-32-15-3-26(4-16-32)38(48)49)66(63-36-23-11-30(12-24-36)42(56)57)45(60-33-17-5-27(6-18-33)39(50)51)65(43)62-35-21-9-29(10-22-35)41(54)55/h1-24H. The topological polar surface area (TPSA) is 324 Å². The number of nitrogens with zero attached hydrogens (tertiary/aromatic N) is 9. The summed E-state index contributed by atoms with van der Waals surface area (Å²) < 4.78 is 22.7. The Kier molecular flexibility index (Phi) is 13.9. The molecule has 66 heavy (non-hydrogen) atoms. The Morgan fingerprint density at radius 1 is 0.273 bits per heavy atom. The van der Waals surface area contributed by atoms with Gasteiger partial charge in [-0.2, -0.15) is 0 Å². The molecule has 7 rings (SSSR count). The Labute approximate surface area is 371 Å². The van der Waals surface area contributed by atoms with Gasteiger partial charge >= 0.3 is 25.3 Å². The summed E-state index contributed by atoms with van der Waals surface area (Å²) in [4.78, 5) is 84.9. The molecular weight excluding hydrogens is 939 g/mol. The van der Waals surface area contributed by atoms with Crippen LogP contribution in [-0.2, 0) is 0 Å². The molecule has 0 atom stereocenters. The maximum absolute atomic E-state index is 11.6. The van der Waals surface area contributed by atoms with Crippen LogP contribution in [0, 0.1) is 60.7 Å². The minimum absolute atomic E-state index is 0.0679. The van der Waals surface area contributed by atoms with Crippen LogP contribution in [-0.4, -0.2) is 43.4 Å². The minimum Gasteiger partial charge on any atom is -0.440 e. The Balaban J connectivity index is 1.46. The highest BCUT2D eigenvalue weighted by atomic mass is 31.3. The predicted molar refractivity (Wildman–Crippen MR) is 229 cm³/mol. The molecule has 1 heterocycles. The van der Waals surface area contributed by atoms with E-state index in [2.05, 4.69) is 0 Å². The van der Waals surface area contributed by atoms with E-state index in [1.54, 1.807) is 0 Å². The summed E-state index contributed by atoms with van der Waals surface area (Å²) >= 11 is 0. The molecule has 0 aliphatic carbocycles. The highest BCUT2D eigenvalue weighted by molar-refractivity contribution is 7.78. The van der Waals surface area contributed by atoms with Crippen molar-refractivity contribution in [2.24, 2.45) is 0 Å². The van der Waals surface area contributed by atoms with E-state index in [1.807, 2.05) is 0 Å². The van der Waals surface area contributed by atoms with Crippen molar-refractivity contribution < 1.29 is 57.6 Å². The average molecular weight is 964 g/mol. The molecule has 6 aromatic carbocycles. The molecule has 1 fully saturated rings. The quantitative estimate of drug-likeness (QED) is 0.0439. The first-order valence-electron chi connectivity index (χ1n) is 18.0. The number of hydrogen-bond acceptors (Lipinski definition) is 21. The van der Waals surface area contributed by atoms with Crippen molar-refractivity contribution in [1.29, 1.82) is 0 Å². The van der Waals surface area contributed by atoms with Gasteiger partial charge in [0.05, 0.1) is 29.5 Å². The Bertz CT molecular complexity index is 2260. The molecule has 0 saturated carbocycles. The molecule has 0 radical (unpaired) electrons. The van der Waals surface area contributed by atoms with Gasteiger partial charge in [0.15, 0.2) is 0 Å². The lowest BCUT2D eigenvalue weighted by molar-refractivity contribution is -0.385. The van der Waals surface area contributed by atoms with Crippen LogP contribution in [0.4, 0.5) is 34.1 Å². The van der Waals surface area contributed by atoms with Crippen LogP contribution >= 0.6 is 25.3 Å². The third kappa shape index (κ3) is 10.9. The van der Waals surface area contributed by atoms with Gasteiger partial charge in [-0.25, -0.2) is 0 Å². The van der Waals surface area contributed by atoms with E-state index >= 15 is 0 Å². The lowest BCUT2D eigenvalue weighted by Crippen LogP contribution is -2.44. The Hall–Kier alpha value is -8.31. The average Bonchev–Trinajstić information content (AvgIpc) is 3.30.